The minimum absolute atomic E-state index is 0.217. The zero-order valence-electron chi connectivity index (χ0n) is 11.7. The summed E-state index contributed by atoms with van der Waals surface area (Å²) in [5, 5.41) is 12.9. The largest absolute Gasteiger partial charge is 0.395 e. The summed E-state index contributed by atoms with van der Waals surface area (Å²) in [5.41, 5.74) is 2.48. The lowest BCUT2D eigenvalue weighted by Crippen LogP contribution is -2.37. The van der Waals surface area contributed by atoms with Crippen LogP contribution in [0.5, 0.6) is 0 Å². The molecule has 4 heteroatoms. The number of nitrogens with one attached hydrogen (secondary N) is 1. The summed E-state index contributed by atoms with van der Waals surface area (Å²) >= 11 is 1.70. The number of hydrogen-bond donors (Lipinski definition) is 2. The molecule has 0 amide bonds. The van der Waals surface area contributed by atoms with Gasteiger partial charge >= 0.3 is 0 Å². The first-order valence-electron chi connectivity index (χ1n) is 6.21. The zero-order chi connectivity index (χ0) is 13.5. The summed E-state index contributed by atoms with van der Waals surface area (Å²) in [6.45, 7) is 3.17. The fourth-order valence-corrected chi connectivity index (χ4v) is 2.41. The van der Waals surface area contributed by atoms with Crippen LogP contribution in [0, 0.1) is 0 Å². The number of aliphatic hydroxyl groups excluding tert-OH is 1. The maximum absolute atomic E-state index is 9.22. The van der Waals surface area contributed by atoms with E-state index in [4.69, 9.17) is 0 Å². The van der Waals surface area contributed by atoms with Gasteiger partial charge in [0.05, 0.1) is 6.61 Å². The molecule has 0 aliphatic heterocycles. The molecule has 0 saturated heterocycles. The van der Waals surface area contributed by atoms with Crippen LogP contribution in [0.25, 0.3) is 0 Å². The van der Waals surface area contributed by atoms with E-state index in [1.807, 2.05) is 20.4 Å². The van der Waals surface area contributed by atoms with Crippen molar-refractivity contribution in [3.05, 3.63) is 29.8 Å². The molecule has 0 saturated carbocycles. The molecule has 1 aromatic rings. The van der Waals surface area contributed by atoms with E-state index in [1.54, 1.807) is 11.8 Å². The average molecular weight is 268 g/mol. The Bertz CT molecular complexity index is 336. The number of benzene rings is 1. The molecule has 0 spiro atoms. The van der Waals surface area contributed by atoms with Gasteiger partial charge in [0.25, 0.3) is 0 Å². The Morgan fingerprint density at radius 1 is 1.28 bits per heavy atom. The SMILES string of the molecule is CSC(CO)C(C)NCc1ccc(N(C)C)cc1. The molecular formula is C14H24N2OS. The summed E-state index contributed by atoms with van der Waals surface area (Å²) < 4.78 is 0. The Kier molecular flexibility index (Phi) is 6.54. The van der Waals surface area contributed by atoms with Crippen LogP contribution < -0.4 is 10.2 Å². The molecule has 1 rings (SSSR count). The first-order chi connectivity index (χ1) is 8.58. The van der Waals surface area contributed by atoms with Crippen molar-refractivity contribution in [3.8, 4) is 0 Å². The van der Waals surface area contributed by atoms with Gasteiger partial charge in [0.2, 0.25) is 0 Å². The van der Waals surface area contributed by atoms with Crippen molar-refractivity contribution >= 4 is 17.4 Å². The molecule has 0 aliphatic rings. The zero-order valence-corrected chi connectivity index (χ0v) is 12.5. The van der Waals surface area contributed by atoms with E-state index >= 15 is 0 Å². The number of thioether (sulfide) groups is 1. The van der Waals surface area contributed by atoms with Crippen molar-refractivity contribution in [3.63, 3.8) is 0 Å². The number of hydrogen-bond acceptors (Lipinski definition) is 4. The average Bonchev–Trinajstić information content (AvgIpc) is 2.38. The fourth-order valence-electron chi connectivity index (χ4n) is 1.76. The number of aliphatic hydroxyl groups is 1. The van der Waals surface area contributed by atoms with E-state index < -0.39 is 0 Å². The minimum Gasteiger partial charge on any atom is -0.395 e. The smallest absolute Gasteiger partial charge is 0.0564 e. The molecule has 18 heavy (non-hydrogen) atoms. The Labute approximate surface area is 115 Å². The Morgan fingerprint density at radius 3 is 2.33 bits per heavy atom. The molecule has 0 aromatic heterocycles. The lowest BCUT2D eigenvalue weighted by molar-refractivity contribution is 0.276. The summed E-state index contributed by atoms with van der Waals surface area (Å²) in [6, 6.07) is 8.84. The highest BCUT2D eigenvalue weighted by atomic mass is 32.2. The van der Waals surface area contributed by atoms with E-state index in [2.05, 4.69) is 41.4 Å². The van der Waals surface area contributed by atoms with Crippen LogP contribution in [0.1, 0.15) is 12.5 Å². The van der Waals surface area contributed by atoms with Gasteiger partial charge in [-0.2, -0.15) is 11.8 Å². The summed E-state index contributed by atoms with van der Waals surface area (Å²) in [6.07, 6.45) is 2.03. The molecule has 0 aliphatic carbocycles. The van der Waals surface area contributed by atoms with E-state index in [-0.39, 0.29) is 11.9 Å². The molecule has 2 unspecified atom stereocenters. The van der Waals surface area contributed by atoms with Crippen LogP contribution in [0.2, 0.25) is 0 Å². The predicted octanol–water partition coefficient (Wildman–Crippen LogP) is 1.95. The van der Waals surface area contributed by atoms with Gasteiger partial charge in [-0.05, 0) is 30.9 Å². The first kappa shape index (κ1) is 15.3. The first-order valence-corrected chi connectivity index (χ1v) is 7.50. The predicted molar refractivity (Wildman–Crippen MR) is 81.5 cm³/mol. The number of anilines is 1. The second kappa shape index (κ2) is 7.67. The van der Waals surface area contributed by atoms with E-state index in [1.165, 1.54) is 11.3 Å². The van der Waals surface area contributed by atoms with Gasteiger partial charge in [-0.3, -0.25) is 0 Å². The lowest BCUT2D eigenvalue weighted by atomic mass is 10.1. The minimum atomic E-state index is 0.217. The quantitative estimate of drug-likeness (QED) is 0.792. The summed E-state index contributed by atoms with van der Waals surface area (Å²) in [4.78, 5) is 2.09. The molecule has 0 radical (unpaired) electrons. The van der Waals surface area contributed by atoms with Crippen molar-refractivity contribution in [2.45, 2.75) is 24.8 Å². The lowest BCUT2D eigenvalue weighted by Gasteiger charge is -2.21. The van der Waals surface area contributed by atoms with Gasteiger partial charge < -0.3 is 15.3 Å². The highest BCUT2D eigenvalue weighted by Crippen LogP contribution is 2.14. The van der Waals surface area contributed by atoms with Crippen LogP contribution in [-0.4, -0.2) is 43.4 Å². The van der Waals surface area contributed by atoms with E-state index in [0.29, 0.717) is 6.04 Å². The van der Waals surface area contributed by atoms with Crippen LogP contribution in [-0.2, 0) is 6.54 Å². The van der Waals surface area contributed by atoms with Crippen molar-refractivity contribution in [2.24, 2.45) is 0 Å². The Hall–Kier alpha value is -0.710. The van der Waals surface area contributed by atoms with Crippen molar-refractivity contribution in [1.82, 2.24) is 5.32 Å². The second-order valence-electron chi connectivity index (χ2n) is 4.69. The third-order valence-electron chi connectivity index (χ3n) is 3.12. The highest BCUT2D eigenvalue weighted by molar-refractivity contribution is 7.99. The fraction of sp³-hybridized carbons (Fsp3) is 0.571. The standard InChI is InChI=1S/C14H24N2OS/c1-11(14(10-17)18-4)15-9-12-5-7-13(8-6-12)16(2)3/h5-8,11,14-15,17H,9-10H2,1-4H3. The van der Waals surface area contributed by atoms with E-state index in [0.717, 1.165) is 6.54 Å². The third kappa shape index (κ3) is 4.52. The summed E-state index contributed by atoms with van der Waals surface area (Å²) in [7, 11) is 4.08. The maximum atomic E-state index is 9.22. The van der Waals surface area contributed by atoms with Gasteiger partial charge in [0, 0.05) is 37.6 Å². The molecule has 0 fully saturated rings. The Morgan fingerprint density at radius 2 is 1.89 bits per heavy atom. The third-order valence-corrected chi connectivity index (χ3v) is 4.28. The molecule has 0 bridgehead atoms. The molecule has 1 aromatic carbocycles. The van der Waals surface area contributed by atoms with Crippen LogP contribution in [0.3, 0.4) is 0 Å². The number of nitrogens with zero attached hydrogens (tertiary/aromatic N) is 1. The van der Waals surface area contributed by atoms with Gasteiger partial charge in [0.1, 0.15) is 0 Å². The monoisotopic (exact) mass is 268 g/mol. The van der Waals surface area contributed by atoms with E-state index in [9.17, 15) is 5.11 Å². The summed E-state index contributed by atoms with van der Waals surface area (Å²) in [5.74, 6) is 0. The van der Waals surface area contributed by atoms with Gasteiger partial charge in [-0.25, -0.2) is 0 Å². The topological polar surface area (TPSA) is 35.5 Å². The molecule has 102 valence electrons. The van der Waals surface area contributed by atoms with Gasteiger partial charge in [-0.15, -0.1) is 0 Å². The molecule has 2 N–H and O–H groups in total. The second-order valence-corrected chi connectivity index (χ2v) is 5.76. The Balaban J connectivity index is 2.48. The van der Waals surface area contributed by atoms with Crippen molar-refractivity contribution in [1.29, 1.82) is 0 Å². The molecule has 0 heterocycles. The van der Waals surface area contributed by atoms with Crippen molar-refractivity contribution in [2.75, 3.05) is 31.9 Å². The highest BCUT2D eigenvalue weighted by Gasteiger charge is 2.14. The molecular weight excluding hydrogens is 244 g/mol. The van der Waals surface area contributed by atoms with Crippen molar-refractivity contribution < 1.29 is 5.11 Å². The van der Waals surface area contributed by atoms with Gasteiger partial charge in [-0.1, -0.05) is 12.1 Å². The number of rotatable bonds is 7. The van der Waals surface area contributed by atoms with Crippen LogP contribution in [0.15, 0.2) is 24.3 Å². The van der Waals surface area contributed by atoms with Crippen LogP contribution >= 0.6 is 11.8 Å². The normalized spacial score (nSPS) is 14.3. The molecule has 3 nitrogen and oxygen atoms in total. The van der Waals surface area contributed by atoms with Crippen LogP contribution in [0.4, 0.5) is 5.69 Å². The molecule has 2 atom stereocenters. The van der Waals surface area contributed by atoms with Gasteiger partial charge in [0.15, 0.2) is 0 Å². The maximum Gasteiger partial charge on any atom is 0.0564 e.